The molecule has 0 aliphatic carbocycles. The smallest absolute Gasteiger partial charge is 0.399 e. The van der Waals surface area contributed by atoms with Gasteiger partial charge in [0, 0.05) is 21.4 Å². The summed E-state index contributed by atoms with van der Waals surface area (Å²) in [5.74, 6) is 0.120. The fourth-order valence-corrected chi connectivity index (χ4v) is 3.22. The lowest BCUT2D eigenvalue weighted by Gasteiger charge is -2.13. The van der Waals surface area contributed by atoms with Crippen LogP contribution in [-0.2, 0) is 11.9 Å². The van der Waals surface area contributed by atoms with Crippen LogP contribution in [-0.4, -0.2) is 0 Å². The lowest BCUT2D eigenvalue weighted by atomic mass is 10.1. The highest BCUT2D eigenvalue weighted by Crippen LogP contribution is 2.37. The van der Waals surface area contributed by atoms with Crippen molar-refractivity contribution >= 4 is 40.7 Å². The molecule has 0 saturated heterocycles. The fourth-order valence-electron chi connectivity index (χ4n) is 1.73. The second-order valence-corrected chi connectivity index (χ2v) is 6.14. The maximum absolute atomic E-state index is 13.0. The summed E-state index contributed by atoms with van der Waals surface area (Å²) in [5, 5.41) is 0.934. The number of hydrogen-bond acceptors (Lipinski definition) is 2. The van der Waals surface area contributed by atoms with E-state index in [1.165, 1.54) is 23.9 Å². The zero-order valence-corrected chi connectivity index (χ0v) is 12.9. The predicted octanol–water partition coefficient (Wildman–Crippen LogP) is 5.89. The lowest BCUT2D eigenvalue weighted by Crippen LogP contribution is -2.09. The fraction of sp³-hybridized carbons (Fsp3) is 0.143. The number of rotatable bonds is 3. The number of benzene rings is 2. The van der Waals surface area contributed by atoms with Crippen LogP contribution in [0.2, 0.25) is 10.0 Å². The monoisotopic (exact) mass is 351 g/mol. The number of anilines is 1. The van der Waals surface area contributed by atoms with E-state index in [1.54, 1.807) is 18.2 Å². The van der Waals surface area contributed by atoms with E-state index in [1.807, 2.05) is 0 Å². The summed E-state index contributed by atoms with van der Waals surface area (Å²) in [5.41, 5.74) is 4.93. The van der Waals surface area contributed by atoms with Gasteiger partial charge < -0.3 is 5.73 Å². The highest BCUT2D eigenvalue weighted by molar-refractivity contribution is 7.98. The van der Waals surface area contributed by atoms with Gasteiger partial charge in [-0.15, -0.1) is 11.8 Å². The summed E-state index contributed by atoms with van der Waals surface area (Å²) in [6.07, 6.45) is -4.44. The van der Waals surface area contributed by atoms with Gasteiger partial charge in [-0.1, -0.05) is 29.3 Å². The summed E-state index contributed by atoms with van der Waals surface area (Å²) in [6, 6.07) is 8.63. The maximum Gasteiger partial charge on any atom is 0.416 e. The summed E-state index contributed by atoms with van der Waals surface area (Å²) in [7, 11) is 0. The summed E-state index contributed by atoms with van der Waals surface area (Å²) in [6.45, 7) is 0. The van der Waals surface area contributed by atoms with Gasteiger partial charge in [-0.05, 0) is 35.9 Å². The Hall–Kier alpha value is -1.04. The molecular weight excluding hydrogens is 342 g/mol. The van der Waals surface area contributed by atoms with Crippen molar-refractivity contribution in [3.8, 4) is 0 Å². The van der Waals surface area contributed by atoms with Crippen molar-refractivity contribution in [3.63, 3.8) is 0 Å². The first-order valence-electron chi connectivity index (χ1n) is 5.81. The number of nitrogen functional groups attached to an aromatic ring is 1. The van der Waals surface area contributed by atoms with E-state index >= 15 is 0 Å². The van der Waals surface area contributed by atoms with E-state index in [4.69, 9.17) is 28.9 Å². The Kier molecular flexibility index (Phi) is 4.96. The molecule has 2 rings (SSSR count). The molecule has 112 valence electrons. The molecule has 2 aromatic carbocycles. The second kappa shape index (κ2) is 6.38. The predicted molar refractivity (Wildman–Crippen MR) is 81.9 cm³/mol. The van der Waals surface area contributed by atoms with Crippen molar-refractivity contribution in [1.29, 1.82) is 0 Å². The maximum atomic E-state index is 13.0. The molecule has 0 aliphatic rings. The van der Waals surface area contributed by atoms with Gasteiger partial charge >= 0.3 is 6.18 Å². The number of nitrogens with two attached hydrogens (primary N) is 1. The van der Waals surface area contributed by atoms with Crippen molar-refractivity contribution in [1.82, 2.24) is 0 Å². The molecule has 0 saturated carbocycles. The zero-order valence-electron chi connectivity index (χ0n) is 10.5. The van der Waals surface area contributed by atoms with E-state index in [0.717, 1.165) is 6.07 Å². The summed E-state index contributed by atoms with van der Waals surface area (Å²) < 4.78 is 39.0. The Labute approximate surface area is 134 Å². The largest absolute Gasteiger partial charge is 0.416 e. The van der Waals surface area contributed by atoms with Gasteiger partial charge in [0.05, 0.1) is 10.6 Å². The third-order valence-corrected chi connectivity index (χ3v) is 4.50. The minimum absolute atomic E-state index is 0.0804. The Balaban J connectivity index is 2.26. The molecule has 21 heavy (non-hydrogen) atoms. The minimum atomic E-state index is -4.44. The molecule has 0 spiro atoms. The van der Waals surface area contributed by atoms with Gasteiger partial charge in [-0.25, -0.2) is 0 Å². The molecule has 7 heteroatoms. The second-order valence-electron chi connectivity index (χ2n) is 4.28. The van der Waals surface area contributed by atoms with Gasteiger partial charge in [-0.2, -0.15) is 13.2 Å². The van der Waals surface area contributed by atoms with E-state index < -0.39 is 11.7 Å². The first-order chi connectivity index (χ1) is 9.77. The van der Waals surface area contributed by atoms with Crippen LogP contribution in [0.25, 0.3) is 0 Å². The highest BCUT2D eigenvalue weighted by atomic mass is 35.5. The molecule has 0 fully saturated rings. The van der Waals surface area contributed by atoms with E-state index in [2.05, 4.69) is 0 Å². The van der Waals surface area contributed by atoms with Crippen molar-refractivity contribution in [2.75, 3.05) is 5.73 Å². The summed E-state index contributed by atoms with van der Waals surface area (Å²) >= 11 is 13.0. The molecule has 2 N–H and O–H groups in total. The van der Waals surface area contributed by atoms with Crippen molar-refractivity contribution in [2.45, 2.75) is 16.8 Å². The van der Waals surface area contributed by atoms with Crippen LogP contribution in [0.5, 0.6) is 0 Å². The number of alkyl halides is 3. The van der Waals surface area contributed by atoms with Gasteiger partial charge in [0.1, 0.15) is 0 Å². The van der Waals surface area contributed by atoms with Crippen molar-refractivity contribution in [3.05, 3.63) is 57.6 Å². The third kappa shape index (κ3) is 4.22. The molecule has 2 aromatic rings. The molecule has 0 radical (unpaired) electrons. The number of halogens is 5. The third-order valence-electron chi connectivity index (χ3n) is 2.72. The SMILES string of the molecule is Nc1ccc(CSc2cc(Cl)ccc2Cl)c(C(F)(F)F)c1. The standard InChI is InChI=1S/C14H10Cl2F3NS/c15-9-2-4-12(16)13(5-9)21-7-8-1-3-10(20)6-11(8)14(17,18)19/h1-6H,7,20H2. The van der Waals surface area contributed by atoms with E-state index in [-0.39, 0.29) is 17.0 Å². The van der Waals surface area contributed by atoms with Gasteiger partial charge in [0.25, 0.3) is 0 Å². The van der Waals surface area contributed by atoms with Crippen LogP contribution >= 0.6 is 35.0 Å². The highest BCUT2D eigenvalue weighted by Gasteiger charge is 2.33. The minimum Gasteiger partial charge on any atom is -0.399 e. The number of thioether (sulfide) groups is 1. The molecule has 0 amide bonds. The normalized spacial score (nSPS) is 11.7. The quantitative estimate of drug-likeness (QED) is 0.551. The van der Waals surface area contributed by atoms with Gasteiger partial charge in [0.15, 0.2) is 0 Å². The van der Waals surface area contributed by atoms with Crippen LogP contribution in [0.4, 0.5) is 18.9 Å². The van der Waals surface area contributed by atoms with Gasteiger partial charge in [0.2, 0.25) is 0 Å². The molecule has 0 bridgehead atoms. The summed E-state index contributed by atoms with van der Waals surface area (Å²) in [4.78, 5) is 0.633. The lowest BCUT2D eigenvalue weighted by molar-refractivity contribution is -0.138. The Bertz CT molecular complexity index is 659. The van der Waals surface area contributed by atoms with Crippen LogP contribution in [0.15, 0.2) is 41.3 Å². The first-order valence-corrected chi connectivity index (χ1v) is 7.55. The molecule has 0 aliphatic heterocycles. The Morgan fingerprint density at radius 2 is 1.76 bits per heavy atom. The van der Waals surface area contributed by atoms with Crippen LogP contribution in [0.3, 0.4) is 0 Å². The average Bonchev–Trinajstić information content (AvgIpc) is 2.40. The van der Waals surface area contributed by atoms with Crippen LogP contribution < -0.4 is 5.73 Å². The Morgan fingerprint density at radius 3 is 2.43 bits per heavy atom. The molecule has 0 aromatic heterocycles. The Morgan fingerprint density at radius 1 is 1.05 bits per heavy atom. The topological polar surface area (TPSA) is 26.0 Å². The van der Waals surface area contributed by atoms with Crippen LogP contribution in [0.1, 0.15) is 11.1 Å². The van der Waals surface area contributed by atoms with E-state index in [9.17, 15) is 13.2 Å². The number of hydrogen-bond donors (Lipinski definition) is 1. The van der Waals surface area contributed by atoms with Crippen LogP contribution in [0, 0.1) is 0 Å². The average molecular weight is 352 g/mol. The zero-order chi connectivity index (χ0) is 15.6. The molecule has 0 atom stereocenters. The van der Waals surface area contributed by atoms with Crippen molar-refractivity contribution in [2.24, 2.45) is 0 Å². The van der Waals surface area contributed by atoms with Crippen molar-refractivity contribution < 1.29 is 13.2 Å². The molecule has 0 unspecified atom stereocenters. The molecular formula is C14H10Cl2F3NS. The molecule has 0 heterocycles. The molecule has 1 nitrogen and oxygen atoms in total. The first kappa shape index (κ1) is 16.3. The van der Waals surface area contributed by atoms with Gasteiger partial charge in [-0.3, -0.25) is 0 Å². The van der Waals surface area contributed by atoms with E-state index in [0.29, 0.717) is 14.9 Å².